The van der Waals surface area contributed by atoms with E-state index in [2.05, 4.69) is 0 Å². The maximum Gasteiger partial charge on any atom is 0.181 e. The molecule has 0 saturated heterocycles. The highest BCUT2D eigenvalue weighted by Gasteiger charge is 2.25. The standard InChI is InChI=1S/C15H12F2O2S/c1-10(20(19)12-5-3-2-4-6-12)15(18)13-8-7-11(16)9-14(13)17/h2-10H,1H3. The van der Waals surface area contributed by atoms with Gasteiger partial charge in [-0.05, 0) is 31.2 Å². The molecule has 0 radical (unpaired) electrons. The van der Waals surface area contributed by atoms with Gasteiger partial charge in [0.15, 0.2) is 5.78 Å². The van der Waals surface area contributed by atoms with Crippen LogP contribution in [0.5, 0.6) is 0 Å². The van der Waals surface area contributed by atoms with Crippen LogP contribution < -0.4 is 0 Å². The topological polar surface area (TPSA) is 34.1 Å². The van der Waals surface area contributed by atoms with Gasteiger partial charge in [0.25, 0.3) is 0 Å². The van der Waals surface area contributed by atoms with Crippen molar-refractivity contribution < 1.29 is 17.8 Å². The Morgan fingerprint density at radius 2 is 1.75 bits per heavy atom. The molecule has 2 rings (SSSR count). The van der Waals surface area contributed by atoms with Gasteiger partial charge >= 0.3 is 0 Å². The molecule has 5 heteroatoms. The number of benzene rings is 2. The van der Waals surface area contributed by atoms with Gasteiger partial charge < -0.3 is 0 Å². The molecule has 0 heterocycles. The third-order valence-corrected chi connectivity index (χ3v) is 4.46. The third-order valence-electron chi connectivity index (χ3n) is 2.86. The van der Waals surface area contributed by atoms with Crippen LogP contribution in [0.2, 0.25) is 0 Å². The minimum absolute atomic E-state index is 0.247. The minimum atomic E-state index is -1.58. The van der Waals surface area contributed by atoms with E-state index in [1.54, 1.807) is 30.3 Å². The second-order valence-electron chi connectivity index (χ2n) is 4.24. The molecule has 0 saturated carbocycles. The van der Waals surface area contributed by atoms with Crippen LogP contribution in [0, 0.1) is 11.6 Å². The van der Waals surface area contributed by atoms with Gasteiger partial charge in [-0.1, -0.05) is 18.2 Å². The Kier molecular flexibility index (Phi) is 4.39. The third kappa shape index (κ3) is 2.99. The Labute approximate surface area is 117 Å². The molecule has 0 fully saturated rings. The summed E-state index contributed by atoms with van der Waals surface area (Å²) in [5.74, 6) is -2.30. The average molecular weight is 294 g/mol. The normalized spacial score (nSPS) is 13.8. The summed E-state index contributed by atoms with van der Waals surface area (Å²) in [5.41, 5.74) is -0.247. The van der Waals surface area contributed by atoms with Crippen molar-refractivity contribution in [3.8, 4) is 0 Å². The Hall–Kier alpha value is -1.88. The first kappa shape index (κ1) is 14.5. The highest BCUT2D eigenvalue weighted by molar-refractivity contribution is 7.86. The maximum absolute atomic E-state index is 13.6. The van der Waals surface area contributed by atoms with E-state index in [0.717, 1.165) is 12.1 Å². The average Bonchev–Trinajstić information content (AvgIpc) is 2.46. The second-order valence-corrected chi connectivity index (χ2v) is 6.01. The van der Waals surface area contributed by atoms with Gasteiger partial charge in [0.2, 0.25) is 0 Å². The van der Waals surface area contributed by atoms with Crippen LogP contribution in [0.1, 0.15) is 17.3 Å². The van der Waals surface area contributed by atoms with E-state index in [9.17, 15) is 17.8 Å². The highest BCUT2D eigenvalue weighted by Crippen LogP contribution is 2.17. The van der Waals surface area contributed by atoms with Crippen molar-refractivity contribution in [2.45, 2.75) is 17.1 Å². The number of carbonyl (C=O) groups excluding carboxylic acids is 1. The molecule has 0 aliphatic heterocycles. The molecule has 0 bridgehead atoms. The lowest BCUT2D eigenvalue weighted by atomic mass is 10.1. The van der Waals surface area contributed by atoms with Crippen LogP contribution >= 0.6 is 0 Å². The predicted molar refractivity (Wildman–Crippen MR) is 73.0 cm³/mol. The first-order valence-electron chi connectivity index (χ1n) is 5.95. The minimum Gasteiger partial charge on any atom is -0.293 e. The molecule has 2 atom stereocenters. The van der Waals surface area contributed by atoms with Crippen molar-refractivity contribution in [3.05, 3.63) is 65.7 Å². The number of hydrogen-bond acceptors (Lipinski definition) is 2. The van der Waals surface area contributed by atoms with Gasteiger partial charge in [0, 0.05) is 11.0 Å². The van der Waals surface area contributed by atoms with Gasteiger partial charge in [0.1, 0.15) is 11.6 Å². The molecule has 2 unspecified atom stereocenters. The van der Waals surface area contributed by atoms with E-state index in [4.69, 9.17) is 0 Å². The van der Waals surface area contributed by atoms with Gasteiger partial charge in [0.05, 0.1) is 21.6 Å². The predicted octanol–water partition coefficient (Wildman–Crippen LogP) is 3.34. The van der Waals surface area contributed by atoms with Crippen LogP contribution in [-0.4, -0.2) is 15.2 Å². The summed E-state index contributed by atoms with van der Waals surface area (Å²) >= 11 is 0. The van der Waals surface area contributed by atoms with Gasteiger partial charge in [-0.3, -0.25) is 9.00 Å². The van der Waals surface area contributed by atoms with Crippen molar-refractivity contribution in [1.29, 1.82) is 0 Å². The molecule has 2 aromatic carbocycles. The summed E-state index contributed by atoms with van der Waals surface area (Å²) in [6, 6.07) is 11.2. The largest absolute Gasteiger partial charge is 0.293 e. The molecule has 104 valence electrons. The highest BCUT2D eigenvalue weighted by atomic mass is 32.2. The summed E-state index contributed by atoms with van der Waals surface area (Å²) in [7, 11) is -1.58. The Bertz CT molecular complexity index is 656. The number of rotatable bonds is 4. The summed E-state index contributed by atoms with van der Waals surface area (Å²) in [6.07, 6.45) is 0. The first-order chi connectivity index (χ1) is 9.50. The van der Waals surface area contributed by atoms with Gasteiger partial charge in [-0.15, -0.1) is 0 Å². The summed E-state index contributed by atoms with van der Waals surface area (Å²) in [6.45, 7) is 1.47. The van der Waals surface area contributed by atoms with Crippen molar-refractivity contribution >= 4 is 16.6 Å². The van der Waals surface area contributed by atoms with Crippen LogP contribution in [-0.2, 0) is 10.8 Å². The fourth-order valence-corrected chi connectivity index (χ4v) is 2.92. The molecule has 0 aliphatic carbocycles. The summed E-state index contributed by atoms with van der Waals surface area (Å²) in [4.78, 5) is 12.6. The molecule has 20 heavy (non-hydrogen) atoms. The second kappa shape index (κ2) is 6.05. The van der Waals surface area contributed by atoms with E-state index >= 15 is 0 Å². The van der Waals surface area contributed by atoms with E-state index in [0.29, 0.717) is 11.0 Å². The quantitative estimate of drug-likeness (QED) is 0.810. The summed E-state index contributed by atoms with van der Waals surface area (Å²) < 4.78 is 38.6. The molecule has 0 aliphatic rings. The molecule has 2 aromatic rings. The number of ketones is 1. The first-order valence-corrected chi connectivity index (χ1v) is 7.17. The fourth-order valence-electron chi connectivity index (χ4n) is 1.76. The molecule has 0 aromatic heterocycles. The van der Waals surface area contributed by atoms with Crippen molar-refractivity contribution in [2.24, 2.45) is 0 Å². The van der Waals surface area contributed by atoms with Crippen molar-refractivity contribution in [2.75, 3.05) is 0 Å². The van der Waals surface area contributed by atoms with Crippen LogP contribution in [0.25, 0.3) is 0 Å². The Morgan fingerprint density at radius 3 is 2.35 bits per heavy atom. The van der Waals surface area contributed by atoms with Crippen molar-refractivity contribution in [1.82, 2.24) is 0 Å². The number of carbonyl (C=O) groups is 1. The van der Waals surface area contributed by atoms with Gasteiger partial charge in [-0.25, -0.2) is 8.78 Å². The van der Waals surface area contributed by atoms with E-state index < -0.39 is 33.5 Å². The Morgan fingerprint density at radius 1 is 1.10 bits per heavy atom. The monoisotopic (exact) mass is 294 g/mol. The maximum atomic E-state index is 13.6. The molecule has 0 amide bonds. The molecular formula is C15H12F2O2S. The van der Waals surface area contributed by atoms with Crippen LogP contribution in [0.15, 0.2) is 53.4 Å². The number of hydrogen-bond donors (Lipinski definition) is 0. The van der Waals surface area contributed by atoms with Crippen LogP contribution in [0.3, 0.4) is 0 Å². The smallest absolute Gasteiger partial charge is 0.181 e. The van der Waals surface area contributed by atoms with Crippen LogP contribution in [0.4, 0.5) is 8.78 Å². The van der Waals surface area contributed by atoms with Crippen molar-refractivity contribution in [3.63, 3.8) is 0 Å². The van der Waals surface area contributed by atoms with Gasteiger partial charge in [-0.2, -0.15) is 0 Å². The zero-order valence-electron chi connectivity index (χ0n) is 10.7. The lowest BCUT2D eigenvalue weighted by Gasteiger charge is -2.11. The van der Waals surface area contributed by atoms with E-state index in [1.807, 2.05) is 0 Å². The number of Topliss-reactive ketones (excluding diaryl/α,β-unsaturated/α-hetero) is 1. The summed E-state index contributed by atoms with van der Waals surface area (Å²) in [5, 5.41) is -0.905. The molecular weight excluding hydrogens is 282 g/mol. The Balaban J connectivity index is 2.27. The van der Waals surface area contributed by atoms with E-state index in [1.165, 1.54) is 6.92 Å². The number of halogens is 2. The zero-order valence-corrected chi connectivity index (χ0v) is 11.5. The fraction of sp³-hybridized carbons (Fsp3) is 0.133. The molecule has 0 spiro atoms. The lowest BCUT2D eigenvalue weighted by molar-refractivity contribution is 0.0988. The zero-order chi connectivity index (χ0) is 14.7. The lowest BCUT2D eigenvalue weighted by Crippen LogP contribution is -2.23. The molecule has 0 N–H and O–H groups in total. The molecule has 2 nitrogen and oxygen atoms in total. The SMILES string of the molecule is CC(C(=O)c1ccc(F)cc1F)S(=O)c1ccccc1. The van der Waals surface area contributed by atoms with E-state index in [-0.39, 0.29) is 5.56 Å².